The number of hydrogen-bond donors (Lipinski definition) is 1. The number of benzene rings is 2. The molecule has 0 radical (unpaired) electrons. The lowest BCUT2D eigenvalue weighted by molar-refractivity contribution is -0.0894. The molecule has 9 heteroatoms. The lowest BCUT2D eigenvalue weighted by atomic mass is 9.88. The van der Waals surface area contributed by atoms with E-state index in [1.165, 1.54) is 6.07 Å². The number of rotatable bonds is 9. The van der Waals surface area contributed by atoms with Crippen molar-refractivity contribution in [2.75, 3.05) is 6.61 Å². The number of halogens is 1. The standard InChI is InChI=1S/C31H34FN5O3/c1-5-8-28-26(13-21-12-11-20(14-27(21)32)25-10-7-6-9-22(25)17-33)29(38)36(30-34-19(2)35-37(28)30)23-15-24(16-23)40-18-31(3,4)39/h6-7,9-12,14,23-24,39H,5,8,13,15-16,18H2,1-4H3/t23-,24-. The zero-order valence-corrected chi connectivity index (χ0v) is 23.3. The van der Waals surface area contributed by atoms with Gasteiger partial charge in [0, 0.05) is 18.0 Å². The number of ether oxygens (including phenoxy) is 1. The average Bonchev–Trinajstić information content (AvgIpc) is 3.27. The second-order valence-electron chi connectivity index (χ2n) is 11.2. The number of hydrogen-bond acceptors (Lipinski definition) is 6. The van der Waals surface area contributed by atoms with Gasteiger partial charge in [-0.05, 0) is 68.9 Å². The molecule has 0 saturated heterocycles. The van der Waals surface area contributed by atoms with Gasteiger partial charge in [-0.15, -0.1) is 0 Å². The summed E-state index contributed by atoms with van der Waals surface area (Å²) >= 11 is 0. The third-order valence-electron chi connectivity index (χ3n) is 7.37. The van der Waals surface area contributed by atoms with E-state index in [9.17, 15) is 15.2 Å². The molecule has 0 spiro atoms. The van der Waals surface area contributed by atoms with Crippen LogP contribution in [0, 0.1) is 24.1 Å². The summed E-state index contributed by atoms with van der Waals surface area (Å²) in [4.78, 5) is 18.7. The average molecular weight is 544 g/mol. The maximum Gasteiger partial charge on any atom is 0.259 e. The number of nitrogens with zero attached hydrogens (tertiary/aromatic N) is 5. The molecular weight excluding hydrogens is 509 g/mol. The Morgan fingerprint density at radius 1 is 1.23 bits per heavy atom. The van der Waals surface area contributed by atoms with Gasteiger partial charge in [0.25, 0.3) is 5.56 Å². The summed E-state index contributed by atoms with van der Waals surface area (Å²) in [7, 11) is 0. The number of aryl methyl sites for hydroxylation is 2. The molecule has 0 atom stereocenters. The first-order valence-electron chi connectivity index (χ1n) is 13.7. The fourth-order valence-corrected chi connectivity index (χ4v) is 5.32. The van der Waals surface area contributed by atoms with Crippen molar-refractivity contribution in [2.24, 2.45) is 0 Å². The van der Waals surface area contributed by atoms with Gasteiger partial charge in [-0.2, -0.15) is 15.3 Å². The summed E-state index contributed by atoms with van der Waals surface area (Å²) in [6, 6.07) is 14.0. The Morgan fingerprint density at radius 2 is 1.98 bits per heavy atom. The lowest BCUT2D eigenvalue weighted by Crippen LogP contribution is -2.42. The maximum atomic E-state index is 15.5. The van der Waals surface area contributed by atoms with Crippen LogP contribution < -0.4 is 5.56 Å². The zero-order chi connectivity index (χ0) is 28.6. The van der Waals surface area contributed by atoms with E-state index in [1.54, 1.807) is 60.2 Å². The second kappa shape index (κ2) is 11.0. The highest BCUT2D eigenvalue weighted by molar-refractivity contribution is 5.70. The SMILES string of the molecule is CCCc1c(Cc2ccc(-c3ccccc3C#N)cc2F)c(=O)n([C@H]2C[C@H](OCC(C)(C)O)C2)c2nc(C)nn12. The minimum Gasteiger partial charge on any atom is -0.388 e. The Balaban J connectivity index is 1.53. The van der Waals surface area contributed by atoms with Gasteiger partial charge in [0.05, 0.1) is 35.6 Å². The van der Waals surface area contributed by atoms with Gasteiger partial charge in [-0.3, -0.25) is 9.36 Å². The van der Waals surface area contributed by atoms with E-state index in [-0.39, 0.29) is 30.7 Å². The molecule has 5 rings (SSSR count). The molecule has 2 aromatic carbocycles. The molecule has 0 amide bonds. The third kappa shape index (κ3) is 5.42. The molecule has 1 saturated carbocycles. The molecule has 2 aromatic heterocycles. The number of nitriles is 1. The largest absolute Gasteiger partial charge is 0.388 e. The highest BCUT2D eigenvalue weighted by atomic mass is 19.1. The maximum absolute atomic E-state index is 15.5. The van der Waals surface area contributed by atoms with E-state index >= 15 is 4.39 Å². The second-order valence-corrected chi connectivity index (χ2v) is 11.2. The van der Waals surface area contributed by atoms with Crippen LogP contribution in [0.15, 0.2) is 47.3 Å². The molecule has 8 nitrogen and oxygen atoms in total. The molecule has 0 bridgehead atoms. The Bertz CT molecular complexity index is 1650. The molecule has 2 heterocycles. The predicted molar refractivity (Wildman–Crippen MR) is 150 cm³/mol. The van der Waals surface area contributed by atoms with Crippen LogP contribution in [0.4, 0.5) is 4.39 Å². The topological polar surface area (TPSA) is 105 Å². The van der Waals surface area contributed by atoms with Gasteiger partial charge in [0.1, 0.15) is 11.6 Å². The molecule has 40 heavy (non-hydrogen) atoms. The van der Waals surface area contributed by atoms with Crippen LogP contribution in [0.5, 0.6) is 0 Å². The first-order chi connectivity index (χ1) is 19.1. The monoisotopic (exact) mass is 543 g/mol. The highest BCUT2D eigenvalue weighted by Gasteiger charge is 2.36. The van der Waals surface area contributed by atoms with Crippen molar-refractivity contribution in [2.45, 2.75) is 77.5 Å². The van der Waals surface area contributed by atoms with E-state index in [0.717, 1.165) is 12.1 Å². The molecule has 1 fully saturated rings. The van der Waals surface area contributed by atoms with Crippen molar-refractivity contribution >= 4 is 5.78 Å². The van der Waals surface area contributed by atoms with Crippen molar-refractivity contribution < 1.29 is 14.2 Å². The third-order valence-corrected chi connectivity index (χ3v) is 7.37. The van der Waals surface area contributed by atoms with Gasteiger partial charge in [-0.25, -0.2) is 8.91 Å². The summed E-state index contributed by atoms with van der Waals surface area (Å²) in [6.07, 6.45) is 2.67. The number of aromatic nitrogens is 4. The quantitative estimate of drug-likeness (QED) is 0.322. The summed E-state index contributed by atoms with van der Waals surface area (Å²) in [5, 5.41) is 24.1. The van der Waals surface area contributed by atoms with Crippen molar-refractivity contribution in [3.05, 3.63) is 86.8 Å². The molecule has 0 unspecified atom stereocenters. The first kappa shape index (κ1) is 27.7. The zero-order valence-electron chi connectivity index (χ0n) is 23.3. The Labute approximate surface area is 232 Å². The van der Waals surface area contributed by atoms with Crippen LogP contribution in [-0.2, 0) is 17.6 Å². The van der Waals surface area contributed by atoms with Gasteiger partial charge in [0.2, 0.25) is 5.78 Å². The summed E-state index contributed by atoms with van der Waals surface area (Å²) < 4.78 is 24.8. The molecule has 0 aliphatic heterocycles. The van der Waals surface area contributed by atoms with Crippen molar-refractivity contribution in [1.29, 1.82) is 5.26 Å². The van der Waals surface area contributed by atoms with E-state index in [0.29, 0.717) is 58.7 Å². The van der Waals surface area contributed by atoms with Crippen molar-refractivity contribution in [3.63, 3.8) is 0 Å². The molecule has 1 N–H and O–H groups in total. The van der Waals surface area contributed by atoms with E-state index in [4.69, 9.17) is 4.74 Å². The molecule has 4 aromatic rings. The normalized spacial score (nSPS) is 17.1. The van der Waals surface area contributed by atoms with Gasteiger partial charge >= 0.3 is 0 Å². The molecule has 208 valence electrons. The fraction of sp³-hybridized carbons (Fsp3) is 0.419. The summed E-state index contributed by atoms with van der Waals surface area (Å²) in [5.41, 5.74) is 2.28. The van der Waals surface area contributed by atoms with Crippen molar-refractivity contribution in [1.82, 2.24) is 19.2 Å². The van der Waals surface area contributed by atoms with E-state index in [1.807, 2.05) is 13.0 Å². The van der Waals surface area contributed by atoms with Gasteiger partial charge in [-0.1, -0.05) is 43.7 Å². The molecule has 1 aliphatic carbocycles. The Kier molecular flexibility index (Phi) is 7.58. The van der Waals surface area contributed by atoms with Crippen LogP contribution >= 0.6 is 0 Å². The summed E-state index contributed by atoms with van der Waals surface area (Å²) in [6.45, 7) is 7.44. The van der Waals surface area contributed by atoms with Crippen LogP contribution in [0.3, 0.4) is 0 Å². The van der Waals surface area contributed by atoms with Crippen LogP contribution in [0.2, 0.25) is 0 Å². The highest BCUT2D eigenvalue weighted by Crippen LogP contribution is 2.35. The van der Waals surface area contributed by atoms with Crippen LogP contribution in [0.25, 0.3) is 16.9 Å². The van der Waals surface area contributed by atoms with Crippen molar-refractivity contribution in [3.8, 4) is 17.2 Å². The van der Waals surface area contributed by atoms with E-state index in [2.05, 4.69) is 16.2 Å². The Hall–Kier alpha value is -3.87. The first-order valence-corrected chi connectivity index (χ1v) is 13.7. The minimum atomic E-state index is -0.926. The molecular formula is C31H34FN5O3. The van der Waals surface area contributed by atoms with Crippen LogP contribution in [0.1, 0.15) is 74.3 Å². The Morgan fingerprint density at radius 3 is 2.65 bits per heavy atom. The van der Waals surface area contributed by atoms with Crippen LogP contribution in [-0.4, -0.2) is 42.6 Å². The van der Waals surface area contributed by atoms with E-state index < -0.39 is 11.4 Å². The minimum absolute atomic E-state index is 0.0626. The van der Waals surface area contributed by atoms with Gasteiger partial charge < -0.3 is 9.84 Å². The van der Waals surface area contributed by atoms with Gasteiger partial charge in [0.15, 0.2) is 0 Å². The smallest absolute Gasteiger partial charge is 0.259 e. The number of fused-ring (bicyclic) bond motifs is 1. The fourth-order valence-electron chi connectivity index (χ4n) is 5.32. The molecule has 1 aliphatic rings. The summed E-state index contributed by atoms with van der Waals surface area (Å²) in [5.74, 6) is 0.616. The predicted octanol–water partition coefficient (Wildman–Crippen LogP) is 4.91. The number of aliphatic hydroxyl groups is 1. The lowest BCUT2D eigenvalue weighted by Gasteiger charge is -2.37.